The zero-order valence-electron chi connectivity index (χ0n) is 9.39. The van der Waals surface area contributed by atoms with Gasteiger partial charge in [0.25, 0.3) is 0 Å². The third kappa shape index (κ3) is 2.35. The Morgan fingerprint density at radius 3 is 2.87 bits per heavy atom. The molecule has 0 aliphatic carbocycles. The molecule has 82 valence electrons. The molecule has 1 aliphatic rings. The van der Waals surface area contributed by atoms with Crippen molar-refractivity contribution in [3.8, 4) is 0 Å². The van der Waals surface area contributed by atoms with Gasteiger partial charge in [-0.1, -0.05) is 24.6 Å². The van der Waals surface area contributed by atoms with Crippen LogP contribution in [0.15, 0.2) is 18.2 Å². The van der Waals surface area contributed by atoms with Gasteiger partial charge in [-0.25, -0.2) is 0 Å². The summed E-state index contributed by atoms with van der Waals surface area (Å²) in [7, 11) is 0. The van der Waals surface area contributed by atoms with E-state index in [9.17, 15) is 0 Å². The molecule has 1 saturated heterocycles. The fraction of sp³-hybridized carbons (Fsp3) is 0.538. The predicted octanol–water partition coefficient (Wildman–Crippen LogP) is 3.36. The molecule has 0 amide bonds. The van der Waals surface area contributed by atoms with Gasteiger partial charge in [0.2, 0.25) is 0 Å². The topological polar surface area (TPSA) is 12.0 Å². The fourth-order valence-corrected chi connectivity index (χ4v) is 2.76. The molecule has 15 heavy (non-hydrogen) atoms. The second-order valence-electron chi connectivity index (χ2n) is 4.58. The summed E-state index contributed by atoms with van der Waals surface area (Å²) in [4.78, 5) is 0. The van der Waals surface area contributed by atoms with Gasteiger partial charge in [0.05, 0.1) is 0 Å². The third-order valence-corrected chi connectivity index (χ3v) is 3.65. The zero-order chi connectivity index (χ0) is 10.8. The molecule has 1 aromatic rings. The van der Waals surface area contributed by atoms with Gasteiger partial charge in [-0.05, 0) is 61.5 Å². The Labute approximate surface area is 96.8 Å². The molecule has 1 N–H and O–H groups in total. The van der Waals surface area contributed by atoms with Crippen LogP contribution in [0.5, 0.6) is 0 Å². The lowest BCUT2D eigenvalue weighted by Gasteiger charge is -2.31. The summed E-state index contributed by atoms with van der Waals surface area (Å²) >= 11 is 5.98. The van der Waals surface area contributed by atoms with Crippen LogP contribution >= 0.6 is 11.6 Å². The predicted molar refractivity (Wildman–Crippen MR) is 65.6 cm³/mol. The van der Waals surface area contributed by atoms with Crippen molar-refractivity contribution >= 4 is 11.6 Å². The number of piperidine rings is 1. The summed E-state index contributed by atoms with van der Waals surface area (Å²) in [5.74, 6) is 1.42. The molecule has 0 bridgehead atoms. The lowest BCUT2D eigenvalue weighted by Crippen LogP contribution is -2.34. The molecule has 1 aromatic carbocycles. The first-order valence-corrected chi connectivity index (χ1v) is 6.03. The monoisotopic (exact) mass is 223 g/mol. The number of benzene rings is 1. The highest BCUT2D eigenvalue weighted by Crippen LogP contribution is 2.32. The summed E-state index contributed by atoms with van der Waals surface area (Å²) in [6, 6.07) is 6.29. The smallest absolute Gasteiger partial charge is 0.0408 e. The van der Waals surface area contributed by atoms with Gasteiger partial charge in [-0.3, -0.25) is 0 Å². The standard InChI is InChI=1S/C13H18ClN/c1-9-7-11(14)3-4-12(9)13-5-6-15-8-10(13)2/h3-4,7,10,13,15H,5-6,8H2,1-2H3/t10-,13+/m1/s1. The number of nitrogens with one attached hydrogen (secondary N) is 1. The largest absolute Gasteiger partial charge is 0.316 e. The van der Waals surface area contributed by atoms with E-state index in [-0.39, 0.29) is 0 Å². The summed E-state index contributed by atoms with van der Waals surface area (Å²) in [5.41, 5.74) is 2.81. The highest BCUT2D eigenvalue weighted by atomic mass is 35.5. The minimum atomic E-state index is 0.698. The molecule has 0 aromatic heterocycles. The van der Waals surface area contributed by atoms with Crippen LogP contribution < -0.4 is 5.32 Å². The van der Waals surface area contributed by atoms with Crippen LogP contribution in [0.1, 0.15) is 30.4 Å². The average molecular weight is 224 g/mol. The van der Waals surface area contributed by atoms with Crippen molar-refractivity contribution in [2.45, 2.75) is 26.2 Å². The van der Waals surface area contributed by atoms with Crippen LogP contribution in [0.2, 0.25) is 5.02 Å². The maximum atomic E-state index is 5.98. The van der Waals surface area contributed by atoms with E-state index in [4.69, 9.17) is 11.6 Å². The first-order chi connectivity index (χ1) is 7.18. The SMILES string of the molecule is Cc1cc(Cl)ccc1[C@H]1CCNC[C@H]1C. The third-order valence-electron chi connectivity index (χ3n) is 3.42. The average Bonchev–Trinajstić information content (AvgIpc) is 2.20. The van der Waals surface area contributed by atoms with Crippen molar-refractivity contribution < 1.29 is 0 Å². The Morgan fingerprint density at radius 2 is 2.20 bits per heavy atom. The maximum Gasteiger partial charge on any atom is 0.0408 e. The first kappa shape index (κ1) is 11.0. The van der Waals surface area contributed by atoms with Crippen LogP contribution in [0.4, 0.5) is 0 Å². The molecule has 1 aliphatic heterocycles. The second-order valence-corrected chi connectivity index (χ2v) is 5.01. The molecule has 1 heterocycles. The van der Waals surface area contributed by atoms with Crippen LogP contribution in [0, 0.1) is 12.8 Å². The highest BCUT2D eigenvalue weighted by Gasteiger charge is 2.23. The van der Waals surface area contributed by atoms with Gasteiger partial charge in [0.1, 0.15) is 0 Å². The number of halogens is 1. The lowest BCUT2D eigenvalue weighted by molar-refractivity contribution is 0.348. The van der Waals surface area contributed by atoms with E-state index in [2.05, 4.69) is 31.3 Å². The van der Waals surface area contributed by atoms with E-state index < -0.39 is 0 Å². The Balaban J connectivity index is 2.27. The Hall–Kier alpha value is -0.530. The van der Waals surface area contributed by atoms with Crippen LogP contribution in [-0.2, 0) is 0 Å². The van der Waals surface area contributed by atoms with Gasteiger partial charge in [0.15, 0.2) is 0 Å². The Morgan fingerprint density at radius 1 is 1.40 bits per heavy atom. The second kappa shape index (κ2) is 4.54. The molecule has 0 unspecified atom stereocenters. The fourth-order valence-electron chi connectivity index (χ4n) is 2.53. The Kier molecular flexibility index (Phi) is 3.32. The van der Waals surface area contributed by atoms with Gasteiger partial charge >= 0.3 is 0 Å². The highest BCUT2D eigenvalue weighted by molar-refractivity contribution is 6.30. The molecular formula is C13H18ClN. The van der Waals surface area contributed by atoms with Crippen molar-refractivity contribution in [2.24, 2.45) is 5.92 Å². The number of hydrogen-bond acceptors (Lipinski definition) is 1. The summed E-state index contributed by atoms with van der Waals surface area (Å²) < 4.78 is 0. The van der Waals surface area contributed by atoms with Gasteiger partial charge in [-0.15, -0.1) is 0 Å². The Bertz CT molecular complexity index is 348. The first-order valence-electron chi connectivity index (χ1n) is 5.65. The van der Waals surface area contributed by atoms with Crippen molar-refractivity contribution in [1.29, 1.82) is 0 Å². The number of rotatable bonds is 1. The maximum absolute atomic E-state index is 5.98. The van der Waals surface area contributed by atoms with Gasteiger partial charge in [0, 0.05) is 5.02 Å². The number of hydrogen-bond donors (Lipinski definition) is 1. The molecule has 1 fully saturated rings. The summed E-state index contributed by atoms with van der Waals surface area (Å²) in [6.07, 6.45) is 1.24. The van der Waals surface area contributed by atoms with Crippen LogP contribution in [0.25, 0.3) is 0 Å². The van der Waals surface area contributed by atoms with E-state index in [1.54, 1.807) is 0 Å². The normalized spacial score (nSPS) is 26.6. The minimum absolute atomic E-state index is 0.698. The molecule has 2 rings (SSSR count). The molecule has 2 atom stereocenters. The quantitative estimate of drug-likeness (QED) is 0.770. The molecule has 0 saturated carbocycles. The van der Waals surface area contributed by atoms with E-state index in [0.29, 0.717) is 5.92 Å². The van der Waals surface area contributed by atoms with Crippen LogP contribution in [-0.4, -0.2) is 13.1 Å². The van der Waals surface area contributed by atoms with Crippen molar-refractivity contribution in [2.75, 3.05) is 13.1 Å². The van der Waals surface area contributed by atoms with Gasteiger partial charge in [-0.2, -0.15) is 0 Å². The van der Waals surface area contributed by atoms with Crippen molar-refractivity contribution in [3.05, 3.63) is 34.3 Å². The van der Waals surface area contributed by atoms with E-state index in [1.165, 1.54) is 17.5 Å². The van der Waals surface area contributed by atoms with Crippen molar-refractivity contribution in [1.82, 2.24) is 5.32 Å². The van der Waals surface area contributed by atoms with E-state index in [0.717, 1.165) is 24.0 Å². The molecule has 0 radical (unpaired) electrons. The molecular weight excluding hydrogens is 206 g/mol. The van der Waals surface area contributed by atoms with E-state index in [1.807, 2.05) is 6.07 Å². The van der Waals surface area contributed by atoms with Crippen LogP contribution in [0.3, 0.4) is 0 Å². The van der Waals surface area contributed by atoms with E-state index >= 15 is 0 Å². The zero-order valence-corrected chi connectivity index (χ0v) is 10.1. The molecule has 1 nitrogen and oxygen atoms in total. The molecule has 0 spiro atoms. The summed E-state index contributed by atoms with van der Waals surface area (Å²) in [6.45, 7) is 6.75. The minimum Gasteiger partial charge on any atom is -0.316 e. The van der Waals surface area contributed by atoms with Gasteiger partial charge < -0.3 is 5.32 Å². The lowest BCUT2D eigenvalue weighted by atomic mass is 9.80. The molecule has 2 heteroatoms. The summed E-state index contributed by atoms with van der Waals surface area (Å²) in [5, 5.41) is 4.28. The number of aryl methyl sites for hydroxylation is 1. The van der Waals surface area contributed by atoms with Crippen molar-refractivity contribution in [3.63, 3.8) is 0 Å².